The molecule has 0 aliphatic carbocycles. The molecule has 0 spiro atoms. The average Bonchev–Trinajstić information content (AvgIpc) is 2.67. The summed E-state index contributed by atoms with van der Waals surface area (Å²) in [5.41, 5.74) is 1.73. The van der Waals surface area contributed by atoms with Crippen LogP contribution in [-0.2, 0) is 0 Å². The number of hydrogen-bond donors (Lipinski definition) is 2. The molecule has 14 heavy (non-hydrogen) atoms. The molecule has 2 heterocycles. The molecule has 0 radical (unpaired) electrons. The Balaban J connectivity index is 2.52. The first-order valence-electron chi connectivity index (χ1n) is 4.10. The molecule has 2 rings (SSSR count). The number of nitrogens with zero attached hydrogens (tertiary/aromatic N) is 1. The Hall–Kier alpha value is -2.10. The number of aromatic carboxylic acids is 1. The number of rotatable bonds is 2. The quantitative estimate of drug-likeness (QED) is 0.754. The molecule has 0 bridgehead atoms. The van der Waals surface area contributed by atoms with Gasteiger partial charge >= 0.3 is 5.97 Å². The van der Waals surface area contributed by atoms with Gasteiger partial charge in [-0.15, -0.1) is 0 Å². The van der Waals surface area contributed by atoms with Crippen LogP contribution in [0.5, 0.6) is 0 Å². The largest absolute Gasteiger partial charge is 0.477 e. The third-order valence-electron chi connectivity index (χ3n) is 1.95. The monoisotopic (exact) mass is 188 g/mol. The van der Waals surface area contributed by atoms with Crippen LogP contribution in [-0.4, -0.2) is 21.0 Å². The molecule has 2 N–H and O–H groups in total. The molecule has 2 aromatic rings. The van der Waals surface area contributed by atoms with Crippen molar-refractivity contribution in [3.8, 4) is 11.1 Å². The third-order valence-corrected chi connectivity index (χ3v) is 1.95. The molecule has 0 saturated carbocycles. The highest BCUT2D eigenvalue weighted by atomic mass is 16.4. The first-order valence-corrected chi connectivity index (χ1v) is 4.10. The van der Waals surface area contributed by atoms with E-state index in [1.54, 1.807) is 36.8 Å². The van der Waals surface area contributed by atoms with Gasteiger partial charge in [0.05, 0.1) is 0 Å². The van der Waals surface area contributed by atoms with Crippen LogP contribution in [0.1, 0.15) is 10.5 Å². The van der Waals surface area contributed by atoms with Crippen molar-refractivity contribution in [3.63, 3.8) is 0 Å². The molecule has 0 saturated heterocycles. The minimum Gasteiger partial charge on any atom is -0.477 e. The van der Waals surface area contributed by atoms with E-state index in [0.29, 0.717) is 5.56 Å². The second-order valence-corrected chi connectivity index (χ2v) is 2.81. The number of aromatic nitrogens is 2. The van der Waals surface area contributed by atoms with Crippen LogP contribution in [0.3, 0.4) is 0 Å². The van der Waals surface area contributed by atoms with Gasteiger partial charge in [0.25, 0.3) is 0 Å². The summed E-state index contributed by atoms with van der Waals surface area (Å²) in [6, 6.07) is 5.28. The predicted molar refractivity (Wildman–Crippen MR) is 51.0 cm³/mol. The molecule has 0 aliphatic heterocycles. The lowest BCUT2D eigenvalue weighted by molar-refractivity contribution is 0.0692. The molecule has 70 valence electrons. The van der Waals surface area contributed by atoms with Crippen LogP contribution in [0, 0.1) is 0 Å². The fourth-order valence-electron chi connectivity index (χ4n) is 1.32. The zero-order valence-electron chi connectivity index (χ0n) is 7.27. The van der Waals surface area contributed by atoms with E-state index < -0.39 is 5.97 Å². The predicted octanol–water partition coefficient (Wildman–Crippen LogP) is 1.77. The topological polar surface area (TPSA) is 66.0 Å². The number of pyridine rings is 1. The normalized spacial score (nSPS) is 10.0. The van der Waals surface area contributed by atoms with Crippen molar-refractivity contribution in [2.75, 3.05) is 0 Å². The molecule has 0 fully saturated rings. The van der Waals surface area contributed by atoms with E-state index in [1.165, 1.54) is 0 Å². The first kappa shape index (κ1) is 8.50. The summed E-state index contributed by atoms with van der Waals surface area (Å²) in [5, 5.41) is 8.87. The molecule has 0 atom stereocenters. The number of H-pyrrole nitrogens is 1. The molecule has 0 unspecified atom stereocenters. The van der Waals surface area contributed by atoms with Gasteiger partial charge in [-0.25, -0.2) is 4.79 Å². The SMILES string of the molecule is O=C(O)c1[nH]ccc1-c1ccncc1. The Morgan fingerprint density at radius 2 is 2.00 bits per heavy atom. The van der Waals surface area contributed by atoms with E-state index in [4.69, 9.17) is 5.11 Å². The van der Waals surface area contributed by atoms with Gasteiger partial charge in [0, 0.05) is 24.2 Å². The van der Waals surface area contributed by atoms with Crippen molar-refractivity contribution >= 4 is 5.97 Å². The standard InChI is InChI=1S/C10H8N2O2/c13-10(14)9-8(3-6-12-9)7-1-4-11-5-2-7/h1-6,12H,(H,13,14). The number of nitrogens with one attached hydrogen (secondary N) is 1. The fourth-order valence-corrected chi connectivity index (χ4v) is 1.32. The highest BCUT2D eigenvalue weighted by Gasteiger charge is 2.11. The van der Waals surface area contributed by atoms with Gasteiger partial charge < -0.3 is 10.1 Å². The van der Waals surface area contributed by atoms with Crippen LogP contribution in [0.4, 0.5) is 0 Å². The van der Waals surface area contributed by atoms with E-state index in [-0.39, 0.29) is 5.69 Å². The third kappa shape index (κ3) is 1.37. The lowest BCUT2D eigenvalue weighted by Gasteiger charge is -1.98. The van der Waals surface area contributed by atoms with E-state index in [2.05, 4.69) is 9.97 Å². The average molecular weight is 188 g/mol. The van der Waals surface area contributed by atoms with Gasteiger partial charge in [0.2, 0.25) is 0 Å². The van der Waals surface area contributed by atoms with Crippen molar-refractivity contribution in [2.24, 2.45) is 0 Å². The number of carbonyl (C=O) groups is 1. The summed E-state index contributed by atoms with van der Waals surface area (Å²) in [6.45, 7) is 0. The second kappa shape index (κ2) is 3.33. The minimum atomic E-state index is -0.957. The van der Waals surface area contributed by atoms with Gasteiger partial charge in [-0.2, -0.15) is 0 Å². The van der Waals surface area contributed by atoms with Crippen LogP contribution in [0.15, 0.2) is 36.8 Å². The summed E-state index contributed by atoms with van der Waals surface area (Å²) in [4.78, 5) is 17.4. The first-order chi connectivity index (χ1) is 6.79. The smallest absolute Gasteiger partial charge is 0.352 e. The van der Waals surface area contributed by atoms with Crippen molar-refractivity contribution in [3.05, 3.63) is 42.5 Å². The molecule has 4 nitrogen and oxygen atoms in total. The zero-order valence-corrected chi connectivity index (χ0v) is 7.27. The Morgan fingerprint density at radius 1 is 1.29 bits per heavy atom. The van der Waals surface area contributed by atoms with E-state index >= 15 is 0 Å². The Bertz CT molecular complexity index is 448. The Kier molecular flexibility index (Phi) is 2.02. The van der Waals surface area contributed by atoms with Gasteiger partial charge in [-0.3, -0.25) is 4.98 Å². The number of aromatic amines is 1. The van der Waals surface area contributed by atoms with Gasteiger partial charge in [0.15, 0.2) is 0 Å². The zero-order chi connectivity index (χ0) is 9.97. The number of hydrogen-bond acceptors (Lipinski definition) is 2. The van der Waals surface area contributed by atoms with E-state index in [9.17, 15) is 4.79 Å². The van der Waals surface area contributed by atoms with Crippen LogP contribution in [0.2, 0.25) is 0 Å². The van der Waals surface area contributed by atoms with Crippen molar-refractivity contribution in [1.82, 2.24) is 9.97 Å². The van der Waals surface area contributed by atoms with Crippen LogP contribution >= 0.6 is 0 Å². The number of carboxylic acid groups (broad SMARTS) is 1. The van der Waals surface area contributed by atoms with Crippen molar-refractivity contribution < 1.29 is 9.90 Å². The second-order valence-electron chi connectivity index (χ2n) is 2.81. The molecule has 0 amide bonds. The summed E-state index contributed by atoms with van der Waals surface area (Å²) in [7, 11) is 0. The molecule has 4 heteroatoms. The van der Waals surface area contributed by atoms with E-state index in [1.807, 2.05) is 0 Å². The Morgan fingerprint density at radius 3 is 2.64 bits per heavy atom. The lowest BCUT2D eigenvalue weighted by atomic mass is 10.1. The van der Waals surface area contributed by atoms with E-state index in [0.717, 1.165) is 5.56 Å². The summed E-state index contributed by atoms with van der Waals surface area (Å²) >= 11 is 0. The molecule has 2 aromatic heterocycles. The highest BCUT2D eigenvalue weighted by molar-refractivity contribution is 5.94. The highest BCUT2D eigenvalue weighted by Crippen LogP contribution is 2.21. The molecule has 0 aromatic carbocycles. The summed E-state index contributed by atoms with van der Waals surface area (Å²) < 4.78 is 0. The number of carboxylic acids is 1. The molecular formula is C10H8N2O2. The van der Waals surface area contributed by atoms with Crippen LogP contribution < -0.4 is 0 Å². The fraction of sp³-hybridized carbons (Fsp3) is 0. The summed E-state index contributed by atoms with van der Waals surface area (Å²) in [6.07, 6.45) is 4.88. The maximum absolute atomic E-state index is 10.8. The summed E-state index contributed by atoms with van der Waals surface area (Å²) in [5.74, 6) is -0.957. The molecular weight excluding hydrogens is 180 g/mol. The maximum Gasteiger partial charge on any atom is 0.352 e. The van der Waals surface area contributed by atoms with Gasteiger partial charge in [0.1, 0.15) is 5.69 Å². The molecule has 0 aliphatic rings. The van der Waals surface area contributed by atoms with Gasteiger partial charge in [-0.05, 0) is 23.8 Å². The van der Waals surface area contributed by atoms with Crippen molar-refractivity contribution in [1.29, 1.82) is 0 Å². The Labute approximate surface area is 80.2 Å². The van der Waals surface area contributed by atoms with Crippen molar-refractivity contribution in [2.45, 2.75) is 0 Å². The lowest BCUT2D eigenvalue weighted by Crippen LogP contribution is -1.98. The minimum absolute atomic E-state index is 0.205. The maximum atomic E-state index is 10.8. The van der Waals surface area contributed by atoms with Gasteiger partial charge in [-0.1, -0.05) is 0 Å². The van der Waals surface area contributed by atoms with Crippen LogP contribution in [0.25, 0.3) is 11.1 Å².